The molecule has 1 saturated heterocycles. The molecule has 1 aromatic rings. The lowest BCUT2D eigenvalue weighted by Gasteiger charge is -2.33. The first-order valence-corrected chi connectivity index (χ1v) is 5.75. The number of rotatable bonds is 1. The number of carbonyl (C=O) groups is 1. The number of amides is 1. The van der Waals surface area contributed by atoms with Crippen LogP contribution in [0.15, 0.2) is 24.3 Å². The van der Waals surface area contributed by atoms with Crippen molar-refractivity contribution >= 4 is 5.91 Å². The Hall–Kier alpha value is -1.38. The first-order valence-electron chi connectivity index (χ1n) is 5.75. The van der Waals surface area contributed by atoms with Crippen molar-refractivity contribution in [3.05, 3.63) is 35.6 Å². The topological polar surface area (TPSA) is 20.3 Å². The number of nitrogens with zero attached hydrogens (tertiary/aromatic N) is 1. The van der Waals surface area contributed by atoms with E-state index in [1.165, 1.54) is 18.6 Å². The van der Waals surface area contributed by atoms with Gasteiger partial charge in [-0.15, -0.1) is 0 Å². The van der Waals surface area contributed by atoms with Crippen LogP contribution in [0.5, 0.6) is 0 Å². The van der Waals surface area contributed by atoms with E-state index in [-0.39, 0.29) is 11.7 Å². The van der Waals surface area contributed by atoms with Gasteiger partial charge in [-0.25, -0.2) is 4.39 Å². The summed E-state index contributed by atoms with van der Waals surface area (Å²) in [5.41, 5.74) is 0.579. The van der Waals surface area contributed by atoms with E-state index >= 15 is 0 Å². The van der Waals surface area contributed by atoms with Crippen LogP contribution in [0.1, 0.15) is 36.5 Å². The van der Waals surface area contributed by atoms with Crippen molar-refractivity contribution in [2.45, 2.75) is 32.2 Å². The van der Waals surface area contributed by atoms with Crippen LogP contribution in [0.2, 0.25) is 0 Å². The summed E-state index contributed by atoms with van der Waals surface area (Å²) < 4.78 is 12.7. The van der Waals surface area contributed by atoms with Gasteiger partial charge >= 0.3 is 0 Å². The van der Waals surface area contributed by atoms with E-state index in [9.17, 15) is 9.18 Å². The average Bonchev–Trinajstić information content (AvgIpc) is 2.30. The van der Waals surface area contributed by atoms with E-state index in [1.54, 1.807) is 12.1 Å². The summed E-state index contributed by atoms with van der Waals surface area (Å²) in [4.78, 5) is 14.0. The standard InChI is InChI=1S/C13H16FNO/c1-10-4-2-3-9-15(10)13(16)11-5-7-12(14)8-6-11/h5-8,10H,2-4,9H2,1H3. The van der Waals surface area contributed by atoms with Crippen molar-refractivity contribution in [3.63, 3.8) is 0 Å². The summed E-state index contributed by atoms with van der Waals surface area (Å²) in [6.07, 6.45) is 3.32. The molecule has 86 valence electrons. The van der Waals surface area contributed by atoms with Crippen LogP contribution >= 0.6 is 0 Å². The fraction of sp³-hybridized carbons (Fsp3) is 0.462. The van der Waals surface area contributed by atoms with Crippen molar-refractivity contribution in [2.24, 2.45) is 0 Å². The van der Waals surface area contributed by atoms with Crippen molar-refractivity contribution in [2.75, 3.05) is 6.54 Å². The highest BCUT2D eigenvalue weighted by Gasteiger charge is 2.23. The molecule has 1 unspecified atom stereocenters. The van der Waals surface area contributed by atoms with Gasteiger partial charge in [0, 0.05) is 18.2 Å². The van der Waals surface area contributed by atoms with Gasteiger partial charge in [-0.1, -0.05) is 0 Å². The van der Waals surface area contributed by atoms with Gasteiger partial charge in [0.15, 0.2) is 0 Å². The maximum absolute atomic E-state index is 12.7. The third-order valence-corrected chi connectivity index (χ3v) is 3.16. The highest BCUT2D eigenvalue weighted by Crippen LogP contribution is 2.19. The molecule has 1 aliphatic heterocycles. The van der Waals surface area contributed by atoms with Crippen LogP contribution in [-0.2, 0) is 0 Å². The summed E-state index contributed by atoms with van der Waals surface area (Å²) in [6, 6.07) is 6.08. The summed E-state index contributed by atoms with van der Waals surface area (Å²) in [5.74, 6) is -0.282. The first kappa shape index (κ1) is 11.1. The molecule has 1 amide bonds. The fourth-order valence-electron chi connectivity index (χ4n) is 2.16. The lowest BCUT2D eigenvalue weighted by Crippen LogP contribution is -2.42. The van der Waals surface area contributed by atoms with Gasteiger partial charge in [0.05, 0.1) is 0 Å². The smallest absolute Gasteiger partial charge is 0.254 e. The molecule has 1 aliphatic rings. The Morgan fingerprint density at radius 1 is 1.31 bits per heavy atom. The van der Waals surface area contributed by atoms with E-state index in [0.29, 0.717) is 11.6 Å². The van der Waals surface area contributed by atoms with Crippen LogP contribution in [0.4, 0.5) is 4.39 Å². The van der Waals surface area contributed by atoms with Crippen LogP contribution in [0.25, 0.3) is 0 Å². The zero-order valence-electron chi connectivity index (χ0n) is 9.45. The molecule has 0 aromatic heterocycles. The SMILES string of the molecule is CC1CCCCN1C(=O)c1ccc(F)cc1. The molecule has 1 fully saturated rings. The molecule has 2 nitrogen and oxygen atoms in total. The minimum Gasteiger partial charge on any atom is -0.336 e. The Morgan fingerprint density at radius 3 is 2.62 bits per heavy atom. The number of piperidine rings is 1. The number of hydrogen-bond acceptors (Lipinski definition) is 1. The Bertz CT molecular complexity index is 374. The molecular weight excluding hydrogens is 205 g/mol. The van der Waals surface area contributed by atoms with E-state index in [0.717, 1.165) is 19.4 Å². The normalized spacial score (nSPS) is 20.9. The van der Waals surface area contributed by atoms with Gasteiger partial charge in [0.25, 0.3) is 5.91 Å². The third kappa shape index (κ3) is 2.23. The summed E-state index contributed by atoms with van der Waals surface area (Å²) in [5, 5.41) is 0. The van der Waals surface area contributed by atoms with E-state index in [4.69, 9.17) is 0 Å². The Morgan fingerprint density at radius 2 is 2.00 bits per heavy atom. The zero-order chi connectivity index (χ0) is 11.5. The third-order valence-electron chi connectivity index (χ3n) is 3.16. The predicted molar refractivity (Wildman–Crippen MR) is 60.7 cm³/mol. The lowest BCUT2D eigenvalue weighted by atomic mass is 10.0. The summed E-state index contributed by atoms with van der Waals surface area (Å²) >= 11 is 0. The first-order chi connectivity index (χ1) is 7.68. The zero-order valence-corrected chi connectivity index (χ0v) is 9.45. The number of benzene rings is 1. The number of carbonyl (C=O) groups excluding carboxylic acids is 1. The van der Waals surface area contributed by atoms with E-state index in [2.05, 4.69) is 6.92 Å². The Labute approximate surface area is 95.1 Å². The second kappa shape index (κ2) is 4.64. The van der Waals surface area contributed by atoms with Gasteiger partial charge in [-0.3, -0.25) is 4.79 Å². The number of likely N-dealkylation sites (tertiary alicyclic amines) is 1. The molecular formula is C13H16FNO. The quantitative estimate of drug-likeness (QED) is 0.714. The molecule has 0 saturated carbocycles. The van der Waals surface area contributed by atoms with Crippen molar-refractivity contribution in [1.82, 2.24) is 4.90 Å². The molecule has 0 bridgehead atoms. The Kier molecular flexibility index (Phi) is 3.22. The molecule has 3 heteroatoms. The minimum absolute atomic E-state index is 0.0206. The molecule has 1 heterocycles. The highest BCUT2D eigenvalue weighted by molar-refractivity contribution is 5.94. The number of hydrogen-bond donors (Lipinski definition) is 0. The van der Waals surface area contributed by atoms with Crippen molar-refractivity contribution < 1.29 is 9.18 Å². The molecule has 0 spiro atoms. The molecule has 1 atom stereocenters. The monoisotopic (exact) mass is 221 g/mol. The van der Waals surface area contributed by atoms with Gasteiger partial charge in [0.1, 0.15) is 5.82 Å². The van der Waals surface area contributed by atoms with E-state index < -0.39 is 0 Å². The largest absolute Gasteiger partial charge is 0.336 e. The van der Waals surface area contributed by atoms with Crippen LogP contribution < -0.4 is 0 Å². The van der Waals surface area contributed by atoms with Crippen LogP contribution in [-0.4, -0.2) is 23.4 Å². The molecule has 1 aromatic carbocycles. The lowest BCUT2D eigenvalue weighted by molar-refractivity contribution is 0.0635. The van der Waals surface area contributed by atoms with Gasteiger partial charge in [-0.05, 0) is 50.5 Å². The average molecular weight is 221 g/mol. The summed E-state index contributed by atoms with van der Waals surface area (Å²) in [6.45, 7) is 2.89. The van der Waals surface area contributed by atoms with Gasteiger partial charge in [-0.2, -0.15) is 0 Å². The maximum Gasteiger partial charge on any atom is 0.254 e. The van der Waals surface area contributed by atoms with Gasteiger partial charge < -0.3 is 4.90 Å². The molecule has 16 heavy (non-hydrogen) atoms. The predicted octanol–water partition coefficient (Wildman–Crippen LogP) is 2.84. The van der Waals surface area contributed by atoms with Gasteiger partial charge in [0.2, 0.25) is 0 Å². The van der Waals surface area contributed by atoms with Crippen LogP contribution in [0.3, 0.4) is 0 Å². The highest BCUT2D eigenvalue weighted by atomic mass is 19.1. The molecule has 0 radical (unpaired) electrons. The fourth-order valence-corrected chi connectivity index (χ4v) is 2.16. The van der Waals surface area contributed by atoms with Crippen molar-refractivity contribution in [3.8, 4) is 0 Å². The van der Waals surface area contributed by atoms with Crippen LogP contribution in [0, 0.1) is 5.82 Å². The maximum atomic E-state index is 12.7. The van der Waals surface area contributed by atoms with Crippen molar-refractivity contribution in [1.29, 1.82) is 0 Å². The summed E-state index contributed by atoms with van der Waals surface area (Å²) in [7, 11) is 0. The second-order valence-corrected chi connectivity index (χ2v) is 4.35. The second-order valence-electron chi connectivity index (χ2n) is 4.35. The van der Waals surface area contributed by atoms with E-state index in [1.807, 2.05) is 4.90 Å². The number of halogens is 1. The Balaban J connectivity index is 2.14. The molecule has 0 N–H and O–H groups in total. The molecule has 0 aliphatic carbocycles. The minimum atomic E-state index is -0.303. The molecule has 2 rings (SSSR count).